The van der Waals surface area contributed by atoms with Gasteiger partial charge < -0.3 is 9.47 Å². The molecule has 1 heterocycles. The van der Waals surface area contributed by atoms with E-state index in [4.69, 9.17) is 16.3 Å². The number of esters is 1. The second kappa shape index (κ2) is 5.75. The molecule has 5 nitrogen and oxygen atoms in total. The van der Waals surface area contributed by atoms with Crippen LogP contribution < -0.4 is 4.74 Å². The molecule has 0 unspecified atom stereocenters. The summed E-state index contributed by atoms with van der Waals surface area (Å²) in [4.78, 5) is 11.4. The van der Waals surface area contributed by atoms with Crippen LogP contribution in [0.15, 0.2) is 24.3 Å². The molecule has 0 aliphatic carbocycles. The van der Waals surface area contributed by atoms with Gasteiger partial charge in [-0.3, -0.25) is 5.10 Å². The highest BCUT2D eigenvalue weighted by Crippen LogP contribution is 2.31. The van der Waals surface area contributed by atoms with Crippen molar-refractivity contribution in [2.24, 2.45) is 0 Å². The van der Waals surface area contributed by atoms with Crippen molar-refractivity contribution in [3.05, 3.63) is 35.0 Å². The molecule has 19 heavy (non-hydrogen) atoms. The van der Waals surface area contributed by atoms with E-state index in [1.165, 1.54) is 7.11 Å². The van der Waals surface area contributed by atoms with E-state index in [2.05, 4.69) is 14.9 Å². The third-order valence-corrected chi connectivity index (χ3v) is 2.74. The Hall–Kier alpha value is -2.01. The van der Waals surface area contributed by atoms with Gasteiger partial charge in [0.25, 0.3) is 0 Å². The van der Waals surface area contributed by atoms with E-state index in [0.29, 0.717) is 23.1 Å². The fourth-order valence-electron chi connectivity index (χ4n) is 1.66. The number of aromatic nitrogens is 2. The highest BCUT2D eigenvalue weighted by atomic mass is 35.5. The quantitative estimate of drug-likeness (QED) is 0.875. The molecule has 0 aliphatic heterocycles. The number of hydrogen-bond donors (Lipinski definition) is 1. The minimum Gasteiger partial charge on any atom is -0.493 e. The van der Waals surface area contributed by atoms with E-state index in [0.717, 1.165) is 5.56 Å². The minimum atomic E-state index is -0.473. The molecule has 0 saturated heterocycles. The van der Waals surface area contributed by atoms with Gasteiger partial charge in [-0.25, -0.2) is 4.79 Å². The molecule has 0 fully saturated rings. The highest BCUT2D eigenvalue weighted by Gasteiger charge is 2.14. The van der Waals surface area contributed by atoms with Crippen LogP contribution >= 0.6 is 11.6 Å². The van der Waals surface area contributed by atoms with E-state index >= 15 is 0 Å². The van der Waals surface area contributed by atoms with Crippen LogP contribution in [0.4, 0.5) is 0 Å². The molecular formula is C13H13ClN2O3. The van der Waals surface area contributed by atoms with Crippen molar-refractivity contribution in [3.63, 3.8) is 0 Å². The fourth-order valence-corrected chi connectivity index (χ4v) is 1.83. The lowest BCUT2D eigenvalue weighted by Crippen LogP contribution is -2.00. The molecule has 1 N–H and O–H groups in total. The zero-order valence-corrected chi connectivity index (χ0v) is 11.3. The number of carbonyl (C=O) groups excluding carboxylic acids is 1. The molecule has 0 spiro atoms. The Kier molecular flexibility index (Phi) is 4.06. The Labute approximate surface area is 115 Å². The zero-order chi connectivity index (χ0) is 13.8. The van der Waals surface area contributed by atoms with Gasteiger partial charge in [0.2, 0.25) is 0 Å². The maximum atomic E-state index is 11.4. The fraction of sp³-hybridized carbons (Fsp3) is 0.231. The molecule has 2 aromatic rings. The number of nitrogens with one attached hydrogen (secondary N) is 1. The van der Waals surface area contributed by atoms with Crippen molar-refractivity contribution in [2.45, 2.75) is 6.92 Å². The summed E-state index contributed by atoms with van der Waals surface area (Å²) in [6.45, 7) is 2.42. The molecule has 0 amide bonds. The predicted octanol–water partition coefficient (Wildman–Crippen LogP) is 2.92. The number of aromatic amines is 1. The summed E-state index contributed by atoms with van der Waals surface area (Å²) in [5, 5.41) is 7.27. The summed E-state index contributed by atoms with van der Waals surface area (Å²) in [5.74, 6) is 0.188. The molecule has 2 rings (SSSR count). The second-order valence-electron chi connectivity index (χ2n) is 3.73. The summed E-state index contributed by atoms with van der Waals surface area (Å²) in [6, 6.07) is 6.85. The Morgan fingerprint density at radius 3 is 2.89 bits per heavy atom. The molecule has 0 saturated carbocycles. The van der Waals surface area contributed by atoms with Crippen molar-refractivity contribution in [3.8, 4) is 17.0 Å². The first kappa shape index (κ1) is 13.4. The van der Waals surface area contributed by atoms with Gasteiger partial charge in [0.05, 0.1) is 19.4 Å². The van der Waals surface area contributed by atoms with Crippen LogP contribution in [-0.4, -0.2) is 29.9 Å². The third-order valence-electron chi connectivity index (χ3n) is 2.50. The van der Waals surface area contributed by atoms with Crippen LogP contribution in [0.3, 0.4) is 0 Å². The molecular weight excluding hydrogens is 268 g/mol. The van der Waals surface area contributed by atoms with Gasteiger partial charge in [0.15, 0.2) is 0 Å². The lowest BCUT2D eigenvalue weighted by Gasteiger charge is -2.08. The van der Waals surface area contributed by atoms with Crippen molar-refractivity contribution in [1.29, 1.82) is 0 Å². The van der Waals surface area contributed by atoms with E-state index < -0.39 is 5.97 Å². The van der Waals surface area contributed by atoms with Crippen LogP contribution in [0.25, 0.3) is 11.3 Å². The van der Waals surface area contributed by atoms with Gasteiger partial charge in [-0.2, -0.15) is 5.10 Å². The highest BCUT2D eigenvalue weighted by molar-refractivity contribution is 6.31. The van der Waals surface area contributed by atoms with E-state index in [-0.39, 0.29) is 5.69 Å². The molecule has 1 aromatic carbocycles. The summed E-state index contributed by atoms with van der Waals surface area (Å²) in [7, 11) is 1.31. The number of H-pyrrole nitrogens is 1. The number of carbonyl (C=O) groups is 1. The summed E-state index contributed by atoms with van der Waals surface area (Å²) in [5.41, 5.74) is 1.58. The predicted molar refractivity (Wildman–Crippen MR) is 71.5 cm³/mol. The second-order valence-corrected chi connectivity index (χ2v) is 4.17. The SMILES string of the molecule is CCOc1ccc(Cl)cc1-c1cc(C(=O)OC)[nH]n1. The number of hydrogen-bond acceptors (Lipinski definition) is 4. The lowest BCUT2D eigenvalue weighted by molar-refractivity contribution is 0.0594. The van der Waals surface area contributed by atoms with Gasteiger partial charge in [-0.05, 0) is 31.2 Å². The van der Waals surface area contributed by atoms with Crippen LogP contribution in [0.5, 0.6) is 5.75 Å². The Bertz CT molecular complexity index is 595. The number of ether oxygens (including phenoxy) is 2. The standard InChI is InChI=1S/C13H13ClN2O3/c1-3-19-12-5-4-8(14)6-9(12)10-7-11(16-15-10)13(17)18-2/h4-7H,3H2,1-2H3,(H,15,16). The van der Waals surface area contributed by atoms with Gasteiger partial charge in [0.1, 0.15) is 11.4 Å². The molecule has 0 atom stereocenters. The topological polar surface area (TPSA) is 64.2 Å². The molecule has 6 heteroatoms. The molecule has 100 valence electrons. The van der Waals surface area contributed by atoms with Crippen molar-refractivity contribution in [2.75, 3.05) is 13.7 Å². The maximum absolute atomic E-state index is 11.4. The lowest BCUT2D eigenvalue weighted by atomic mass is 10.1. The van der Waals surface area contributed by atoms with Gasteiger partial charge >= 0.3 is 5.97 Å². The molecule has 0 aliphatic rings. The largest absolute Gasteiger partial charge is 0.493 e. The first-order valence-electron chi connectivity index (χ1n) is 5.72. The van der Waals surface area contributed by atoms with E-state index in [9.17, 15) is 4.79 Å². The Balaban J connectivity index is 2.42. The third kappa shape index (κ3) is 2.88. The number of benzene rings is 1. The Morgan fingerprint density at radius 2 is 2.21 bits per heavy atom. The first-order chi connectivity index (χ1) is 9.15. The number of rotatable bonds is 4. The van der Waals surface area contributed by atoms with Crippen LogP contribution in [0.2, 0.25) is 5.02 Å². The van der Waals surface area contributed by atoms with Gasteiger partial charge in [-0.1, -0.05) is 11.6 Å². The van der Waals surface area contributed by atoms with Crippen LogP contribution in [-0.2, 0) is 4.74 Å². The molecule has 1 aromatic heterocycles. The van der Waals surface area contributed by atoms with E-state index in [1.54, 1.807) is 24.3 Å². The number of halogens is 1. The van der Waals surface area contributed by atoms with Gasteiger partial charge in [-0.15, -0.1) is 0 Å². The van der Waals surface area contributed by atoms with Crippen molar-refractivity contribution >= 4 is 17.6 Å². The zero-order valence-electron chi connectivity index (χ0n) is 10.6. The first-order valence-corrected chi connectivity index (χ1v) is 6.10. The van der Waals surface area contributed by atoms with Crippen LogP contribution in [0, 0.1) is 0 Å². The number of nitrogens with zero attached hydrogens (tertiary/aromatic N) is 1. The van der Waals surface area contributed by atoms with E-state index in [1.807, 2.05) is 6.92 Å². The minimum absolute atomic E-state index is 0.278. The summed E-state index contributed by atoms with van der Waals surface area (Å²) < 4.78 is 10.1. The maximum Gasteiger partial charge on any atom is 0.356 e. The summed E-state index contributed by atoms with van der Waals surface area (Å²) in [6.07, 6.45) is 0. The number of methoxy groups -OCH3 is 1. The smallest absolute Gasteiger partial charge is 0.356 e. The Morgan fingerprint density at radius 1 is 1.42 bits per heavy atom. The average Bonchev–Trinajstić information content (AvgIpc) is 2.89. The van der Waals surface area contributed by atoms with Gasteiger partial charge in [0, 0.05) is 10.6 Å². The molecule has 0 bridgehead atoms. The van der Waals surface area contributed by atoms with Crippen LogP contribution in [0.1, 0.15) is 17.4 Å². The molecule has 0 radical (unpaired) electrons. The summed E-state index contributed by atoms with van der Waals surface area (Å²) >= 11 is 5.98. The van der Waals surface area contributed by atoms with Crippen molar-refractivity contribution in [1.82, 2.24) is 10.2 Å². The average molecular weight is 281 g/mol. The monoisotopic (exact) mass is 280 g/mol. The normalized spacial score (nSPS) is 10.3. The van der Waals surface area contributed by atoms with Crippen molar-refractivity contribution < 1.29 is 14.3 Å².